The molecule has 1 aliphatic carbocycles. The Balaban J connectivity index is 2.02. The van der Waals surface area contributed by atoms with Crippen LogP contribution in [0.25, 0.3) is 5.69 Å². The summed E-state index contributed by atoms with van der Waals surface area (Å²) in [4.78, 5) is 0. The van der Waals surface area contributed by atoms with Gasteiger partial charge >= 0.3 is 0 Å². The Kier molecular flexibility index (Phi) is 3.48. The smallest absolute Gasteiger partial charge is 0.168 e. The predicted octanol–water partition coefficient (Wildman–Crippen LogP) is 3.25. The fraction of sp³-hybridized carbons (Fsp3) is 0.333. The molecule has 0 radical (unpaired) electrons. The first-order valence-corrected chi connectivity index (χ1v) is 7.29. The average molecular weight is 302 g/mol. The molecule has 1 heterocycles. The van der Waals surface area contributed by atoms with Gasteiger partial charge in [0.25, 0.3) is 0 Å². The van der Waals surface area contributed by atoms with Crippen LogP contribution in [0, 0.1) is 18.3 Å². The van der Waals surface area contributed by atoms with E-state index in [-0.39, 0.29) is 0 Å². The molecule has 0 unspecified atom stereocenters. The molecule has 1 aromatic carbocycles. The third-order valence-corrected chi connectivity index (χ3v) is 4.29. The van der Waals surface area contributed by atoms with Gasteiger partial charge < -0.3 is 11.1 Å². The van der Waals surface area contributed by atoms with E-state index < -0.39 is 0 Å². The minimum absolute atomic E-state index is 0.333. The molecule has 21 heavy (non-hydrogen) atoms. The number of hydrogen-bond acceptors (Lipinski definition) is 4. The first kappa shape index (κ1) is 13.8. The van der Waals surface area contributed by atoms with E-state index in [9.17, 15) is 5.26 Å². The third kappa shape index (κ3) is 2.43. The van der Waals surface area contributed by atoms with Crippen molar-refractivity contribution in [3.05, 3.63) is 34.3 Å². The third-order valence-electron chi connectivity index (χ3n) is 3.88. The van der Waals surface area contributed by atoms with Gasteiger partial charge in [0, 0.05) is 11.1 Å². The van der Waals surface area contributed by atoms with Crippen molar-refractivity contribution in [2.75, 3.05) is 11.1 Å². The quantitative estimate of drug-likeness (QED) is 0.912. The number of nitrogens with one attached hydrogen (secondary N) is 1. The number of nitrogen functional groups attached to an aromatic ring is 1. The van der Waals surface area contributed by atoms with Crippen molar-refractivity contribution in [3.8, 4) is 11.8 Å². The number of hydrogen-bond donors (Lipinski definition) is 2. The minimum atomic E-state index is 0.333. The van der Waals surface area contributed by atoms with Crippen molar-refractivity contribution in [1.82, 2.24) is 9.78 Å². The monoisotopic (exact) mass is 301 g/mol. The molecule has 6 heteroatoms. The number of halogens is 1. The lowest BCUT2D eigenvalue weighted by Gasteiger charge is -2.26. The predicted molar refractivity (Wildman–Crippen MR) is 83.7 cm³/mol. The second-order valence-corrected chi connectivity index (χ2v) is 5.75. The summed E-state index contributed by atoms with van der Waals surface area (Å²) in [5.41, 5.74) is 8.19. The topological polar surface area (TPSA) is 79.7 Å². The number of nitrogens with two attached hydrogens (primary N) is 1. The highest BCUT2D eigenvalue weighted by Gasteiger charge is 2.23. The second-order valence-electron chi connectivity index (χ2n) is 5.34. The number of rotatable bonds is 3. The number of anilines is 2. The molecule has 1 aromatic heterocycles. The van der Waals surface area contributed by atoms with E-state index in [0.717, 1.165) is 24.1 Å². The highest BCUT2D eigenvalue weighted by molar-refractivity contribution is 6.31. The zero-order valence-corrected chi connectivity index (χ0v) is 12.5. The van der Waals surface area contributed by atoms with Crippen LogP contribution in [0.5, 0.6) is 0 Å². The van der Waals surface area contributed by atoms with E-state index >= 15 is 0 Å². The SMILES string of the molecule is Cc1ccc(-n2nc(NC3CCC3)c(C#N)c2N)cc1Cl. The molecule has 1 aliphatic rings. The number of nitrogens with zero attached hydrogens (tertiary/aromatic N) is 3. The first-order valence-electron chi connectivity index (χ1n) is 6.92. The molecule has 108 valence electrons. The van der Waals surface area contributed by atoms with Gasteiger partial charge in [0.15, 0.2) is 5.82 Å². The van der Waals surface area contributed by atoms with Crippen LogP contribution >= 0.6 is 11.6 Å². The lowest BCUT2D eigenvalue weighted by atomic mass is 9.93. The normalized spacial score (nSPS) is 14.5. The fourth-order valence-corrected chi connectivity index (χ4v) is 2.47. The van der Waals surface area contributed by atoms with Crippen molar-refractivity contribution < 1.29 is 0 Å². The highest BCUT2D eigenvalue weighted by Crippen LogP contribution is 2.29. The molecule has 3 N–H and O–H groups in total. The Morgan fingerprint density at radius 1 is 1.48 bits per heavy atom. The van der Waals surface area contributed by atoms with E-state index in [1.807, 2.05) is 19.1 Å². The van der Waals surface area contributed by atoms with Crippen molar-refractivity contribution >= 4 is 23.2 Å². The van der Waals surface area contributed by atoms with Crippen molar-refractivity contribution in [2.45, 2.75) is 32.2 Å². The Labute approximate surface area is 128 Å². The van der Waals surface area contributed by atoms with Gasteiger partial charge in [-0.05, 0) is 43.9 Å². The van der Waals surface area contributed by atoms with Crippen LogP contribution in [0.2, 0.25) is 5.02 Å². The number of nitriles is 1. The fourth-order valence-electron chi connectivity index (χ4n) is 2.30. The maximum atomic E-state index is 9.31. The molecule has 0 atom stereocenters. The van der Waals surface area contributed by atoms with Crippen LogP contribution in [0.4, 0.5) is 11.6 Å². The molecule has 0 saturated heterocycles. The molecule has 5 nitrogen and oxygen atoms in total. The Bertz CT molecular complexity index is 724. The summed E-state index contributed by atoms with van der Waals surface area (Å²) in [6.07, 6.45) is 3.42. The summed E-state index contributed by atoms with van der Waals surface area (Å²) in [5.74, 6) is 0.885. The minimum Gasteiger partial charge on any atom is -0.382 e. The Hall–Kier alpha value is -2.19. The zero-order chi connectivity index (χ0) is 15.0. The van der Waals surface area contributed by atoms with Crippen molar-refractivity contribution in [1.29, 1.82) is 5.26 Å². The summed E-state index contributed by atoms with van der Waals surface area (Å²) in [5, 5.41) is 17.7. The van der Waals surface area contributed by atoms with Crippen molar-refractivity contribution in [2.24, 2.45) is 0 Å². The largest absolute Gasteiger partial charge is 0.382 e. The van der Waals surface area contributed by atoms with Gasteiger partial charge in [-0.2, -0.15) is 5.26 Å². The summed E-state index contributed by atoms with van der Waals surface area (Å²) >= 11 is 6.15. The maximum Gasteiger partial charge on any atom is 0.168 e. The van der Waals surface area contributed by atoms with Crippen LogP contribution in [0.1, 0.15) is 30.4 Å². The molecule has 0 amide bonds. The van der Waals surface area contributed by atoms with Crippen molar-refractivity contribution in [3.63, 3.8) is 0 Å². The molecular weight excluding hydrogens is 286 g/mol. The first-order chi connectivity index (χ1) is 10.1. The van der Waals surface area contributed by atoms with Crippen LogP contribution in [0.15, 0.2) is 18.2 Å². The van der Waals surface area contributed by atoms with Gasteiger partial charge in [-0.15, -0.1) is 5.10 Å². The van der Waals surface area contributed by atoms with E-state index in [0.29, 0.717) is 28.3 Å². The van der Waals surface area contributed by atoms with Gasteiger partial charge in [-0.1, -0.05) is 17.7 Å². The van der Waals surface area contributed by atoms with E-state index in [4.69, 9.17) is 17.3 Å². The van der Waals surface area contributed by atoms with Gasteiger partial charge in [-0.3, -0.25) is 0 Å². The van der Waals surface area contributed by atoms with Crippen LogP contribution in [0.3, 0.4) is 0 Å². The standard InChI is InChI=1S/C15H16ClN5/c1-9-5-6-11(7-13(9)16)21-14(18)12(8-17)15(20-21)19-10-3-2-4-10/h5-7,10H,2-4,18H2,1H3,(H,19,20). The lowest BCUT2D eigenvalue weighted by Crippen LogP contribution is -2.27. The highest BCUT2D eigenvalue weighted by atomic mass is 35.5. The molecule has 1 fully saturated rings. The average Bonchev–Trinajstić information content (AvgIpc) is 2.73. The van der Waals surface area contributed by atoms with Gasteiger partial charge in [0.05, 0.1) is 5.69 Å². The molecule has 1 saturated carbocycles. The second kappa shape index (κ2) is 5.30. The Morgan fingerprint density at radius 3 is 2.81 bits per heavy atom. The summed E-state index contributed by atoms with van der Waals surface area (Å²) in [6, 6.07) is 8.11. The molecular formula is C15H16ClN5. The lowest BCUT2D eigenvalue weighted by molar-refractivity contribution is 0.444. The maximum absolute atomic E-state index is 9.31. The van der Waals surface area contributed by atoms with Gasteiger partial charge in [-0.25, -0.2) is 4.68 Å². The Morgan fingerprint density at radius 2 is 2.24 bits per heavy atom. The van der Waals surface area contributed by atoms with Crippen LogP contribution in [-0.4, -0.2) is 15.8 Å². The van der Waals surface area contributed by atoms with E-state index in [1.54, 1.807) is 10.7 Å². The van der Waals surface area contributed by atoms with E-state index in [1.165, 1.54) is 6.42 Å². The zero-order valence-electron chi connectivity index (χ0n) is 11.7. The van der Waals surface area contributed by atoms with E-state index in [2.05, 4.69) is 16.5 Å². The summed E-state index contributed by atoms with van der Waals surface area (Å²) in [6.45, 7) is 1.93. The molecule has 0 bridgehead atoms. The number of aromatic nitrogens is 2. The summed E-state index contributed by atoms with van der Waals surface area (Å²) < 4.78 is 1.56. The van der Waals surface area contributed by atoms with Gasteiger partial charge in [0.1, 0.15) is 17.5 Å². The molecule has 3 rings (SSSR count). The van der Waals surface area contributed by atoms with Crippen LogP contribution < -0.4 is 11.1 Å². The summed E-state index contributed by atoms with van der Waals surface area (Å²) in [7, 11) is 0. The molecule has 0 aliphatic heterocycles. The molecule has 0 spiro atoms. The van der Waals surface area contributed by atoms with Crippen LogP contribution in [-0.2, 0) is 0 Å². The van der Waals surface area contributed by atoms with Gasteiger partial charge in [0.2, 0.25) is 0 Å². The molecule has 2 aromatic rings. The number of benzene rings is 1. The number of aryl methyl sites for hydroxylation is 1.